The van der Waals surface area contributed by atoms with E-state index in [-0.39, 0.29) is 0 Å². The summed E-state index contributed by atoms with van der Waals surface area (Å²) in [5.74, 6) is 0. The van der Waals surface area contributed by atoms with E-state index in [9.17, 15) is 0 Å². The van der Waals surface area contributed by atoms with Crippen molar-refractivity contribution in [2.24, 2.45) is 0 Å². The summed E-state index contributed by atoms with van der Waals surface area (Å²) < 4.78 is 7.57. The second-order valence-corrected chi connectivity index (χ2v) is 17.0. The van der Waals surface area contributed by atoms with E-state index in [1.165, 1.54) is 90.1 Å². The Hall–Kier alpha value is -6.98. The molecule has 3 heterocycles. The van der Waals surface area contributed by atoms with E-state index in [0.29, 0.717) is 0 Å². The smallest absolute Gasteiger partial charge is 0.0555 e. The van der Waals surface area contributed by atoms with Gasteiger partial charge in [0.05, 0.1) is 16.7 Å². The summed E-state index contributed by atoms with van der Waals surface area (Å²) in [6.45, 7) is 0. The average Bonchev–Trinajstić information content (AvgIpc) is 3.97. The van der Waals surface area contributed by atoms with Crippen LogP contribution in [0.3, 0.4) is 0 Å². The van der Waals surface area contributed by atoms with E-state index in [1.807, 2.05) is 22.7 Å². The van der Waals surface area contributed by atoms with Crippen molar-refractivity contribution >= 4 is 102 Å². The van der Waals surface area contributed by atoms with Crippen LogP contribution in [0.25, 0.3) is 90.1 Å². The van der Waals surface area contributed by atoms with Gasteiger partial charge in [-0.1, -0.05) is 127 Å². The van der Waals surface area contributed by atoms with Gasteiger partial charge in [0, 0.05) is 68.2 Å². The molecular weight excluding hydrogens is 741 g/mol. The van der Waals surface area contributed by atoms with Crippen LogP contribution >= 0.6 is 22.7 Å². The van der Waals surface area contributed by atoms with Crippen LogP contribution in [0.4, 0.5) is 17.1 Å². The highest BCUT2D eigenvalue weighted by Crippen LogP contribution is 2.50. The lowest BCUT2D eigenvalue weighted by Gasteiger charge is -2.27. The Bertz CT molecular complexity index is 3500. The zero-order chi connectivity index (χ0) is 38.2. The van der Waals surface area contributed by atoms with Crippen LogP contribution in [0, 0.1) is 0 Å². The van der Waals surface area contributed by atoms with Crippen molar-refractivity contribution in [3.05, 3.63) is 206 Å². The maximum atomic E-state index is 2.51. The largest absolute Gasteiger partial charge is 0.310 e. The van der Waals surface area contributed by atoms with Gasteiger partial charge >= 0.3 is 0 Å². The molecule has 0 aliphatic rings. The number of thiophene rings is 2. The van der Waals surface area contributed by atoms with Crippen molar-refractivity contribution in [1.82, 2.24) is 4.57 Å². The molecule has 0 fully saturated rings. The zero-order valence-electron chi connectivity index (χ0n) is 31.3. The highest BCUT2D eigenvalue weighted by atomic mass is 32.1. The SMILES string of the molecule is c1ccc(-c2ccc3sc4ccc(N(c5ccc6c(c5)c5ccccc5n6-c5ccccc5)c5ccc(-c6ccccc6)c6sc7ccccc7c56)cc4c3c2)cc1. The molecule has 0 spiro atoms. The van der Waals surface area contributed by atoms with Gasteiger partial charge in [0.15, 0.2) is 0 Å². The normalized spacial score (nSPS) is 11.8. The lowest BCUT2D eigenvalue weighted by atomic mass is 9.99. The summed E-state index contributed by atoms with van der Waals surface area (Å²) in [6.07, 6.45) is 0. The Balaban J connectivity index is 1.15. The number of hydrogen-bond donors (Lipinski definition) is 0. The molecule has 58 heavy (non-hydrogen) atoms. The van der Waals surface area contributed by atoms with Crippen LogP contribution < -0.4 is 4.90 Å². The van der Waals surface area contributed by atoms with Gasteiger partial charge in [-0.05, 0) is 101 Å². The fourth-order valence-electron chi connectivity index (χ4n) is 8.94. The fourth-order valence-corrected chi connectivity index (χ4v) is 11.3. The zero-order valence-corrected chi connectivity index (χ0v) is 33.0. The number of aromatic nitrogens is 1. The van der Waals surface area contributed by atoms with Gasteiger partial charge in [0.2, 0.25) is 0 Å². The summed E-state index contributed by atoms with van der Waals surface area (Å²) in [7, 11) is 0. The molecule has 2 nitrogen and oxygen atoms in total. The molecule has 0 saturated heterocycles. The number of anilines is 3. The molecule has 0 atom stereocenters. The predicted octanol–water partition coefficient (Wildman–Crippen LogP) is 16.3. The van der Waals surface area contributed by atoms with E-state index in [4.69, 9.17) is 0 Å². The number of rotatable bonds is 6. The molecular formula is C54H34N2S2. The van der Waals surface area contributed by atoms with Crippen LogP contribution in [0.15, 0.2) is 206 Å². The first kappa shape index (κ1) is 33.2. The molecule has 0 aliphatic carbocycles. The highest BCUT2D eigenvalue weighted by Gasteiger charge is 2.23. The molecule has 0 aliphatic heterocycles. The fraction of sp³-hybridized carbons (Fsp3) is 0. The molecule has 3 aromatic heterocycles. The Morgan fingerprint density at radius 2 is 0.948 bits per heavy atom. The van der Waals surface area contributed by atoms with Crippen molar-refractivity contribution in [2.45, 2.75) is 0 Å². The lowest BCUT2D eigenvalue weighted by molar-refractivity contribution is 1.18. The summed E-state index contributed by atoms with van der Waals surface area (Å²) in [5, 5.41) is 7.57. The summed E-state index contributed by atoms with van der Waals surface area (Å²) in [4.78, 5) is 2.51. The van der Waals surface area contributed by atoms with Gasteiger partial charge in [0.25, 0.3) is 0 Å². The standard InChI is InChI=1S/C54H34N2S2/c1-4-14-35(15-5-1)37-24-30-51-45(32-37)46-34-40(26-31-52(46)57-51)55(39-25-28-48-44(33-39)42-20-10-12-22-47(42)56(48)38-18-8-3-9-19-38)49-29-27-41(36-16-6-2-7-17-36)54-53(49)43-21-11-13-23-50(43)58-54/h1-34H. The maximum Gasteiger partial charge on any atom is 0.0555 e. The van der Waals surface area contributed by atoms with Crippen LogP contribution in [-0.4, -0.2) is 4.57 Å². The number of benzene rings is 9. The molecule has 12 rings (SSSR count). The van der Waals surface area contributed by atoms with E-state index in [0.717, 1.165) is 17.1 Å². The Labute approximate surface area is 343 Å². The number of para-hydroxylation sites is 2. The Morgan fingerprint density at radius 3 is 1.74 bits per heavy atom. The third-order valence-electron chi connectivity index (χ3n) is 11.6. The predicted molar refractivity (Wildman–Crippen MR) is 252 cm³/mol. The molecule has 4 heteroatoms. The Kier molecular flexibility index (Phi) is 7.62. The molecule has 0 saturated carbocycles. The van der Waals surface area contributed by atoms with Crippen molar-refractivity contribution in [2.75, 3.05) is 4.90 Å². The first-order chi connectivity index (χ1) is 28.8. The lowest BCUT2D eigenvalue weighted by Crippen LogP contribution is -2.10. The van der Waals surface area contributed by atoms with E-state index in [2.05, 4.69) is 216 Å². The van der Waals surface area contributed by atoms with Crippen LogP contribution in [0.1, 0.15) is 0 Å². The summed E-state index contributed by atoms with van der Waals surface area (Å²) >= 11 is 3.75. The molecule has 272 valence electrons. The van der Waals surface area contributed by atoms with Crippen LogP contribution in [0.2, 0.25) is 0 Å². The molecule has 0 N–H and O–H groups in total. The third kappa shape index (κ3) is 5.23. The van der Waals surface area contributed by atoms with Crippen molar-refractivity contribution in [3.63, 3.8) is 0 Å². The van der Waals surface area contributed by atoms with E-state index >= 15 is 0 Å². The summed E-state index contributed by atoms with van der Waals surface area (Å²) in [5.41, 5.74) is 11.9. The molecule has 0 amide bonds. The minimum Gasteiger partial charge on any atom is -0.310 e. The van der Waals surface area contributed by atoms with Gasteiger partial charge in [-0.15, -0.1) is 22.7 Å². The van der Waals surface area contributed by atoms with Crippen molar-refractivity contribution < 1.29 is 0 Å². The van der Waals surface area contributed by atoms with Crippen molar-refractivity contribution in [3.8, 4) is 27.9 Å². The van der Waals surface area contributed by atoms with E-state index in [1.54, 1.807) is 0 Å². The third-order valence-corrected chi connectivity index (χ3v) is 13.9. The minimum absolute atomic E-state index is 1.12. The van der Waals surface area contributed by atoms with E-state index < -0.39 is 0 Å². The number of hydrogen-bond acceptors (Lipinski definition) is 3. The molecule has 0 unspecified atom stereocenters. The quantitative estimate of drug-likeness (QED) is 0.163. The highest BCUT2D eigenvalue weighted by molar-refractivity contribution is 7.26. The van der Waals surface area contributed by atoms with Gasteiger partial charge in [-0.25, -0.2) is 0 Å². The molecule has 9 aromatic carbocycles. The van der Waals surface area contributed by atoms with Gasteiger partial charge in [-0.3, -0.25) is 0 Å². The minimum atomic E-state index is 1.12. The van der Waals surface area contributed by atoms with Crippen LogP contribution in [-0.2, 0) is 0 Å². The van der Waals surface area contributed by atoms with Gasteiger partial charge in [0.1, 0.15) is 0 Å². The maximum absolute atomic E-state index is 2.51. The van der Waals surface area contributed by atoms with Gasteiger partial charge < -0.3 is 9.47 Å². The van der Waals surface area contributed by atoms with Crippen molar-refractivity contribution in [1.29, 1.82) is 0 Å². The Morgan fingerprint density at radius 1 is 0.362 bits per heavy atom. The second-order valence-electron chi connectivity index (χ2n) is 14.9. The van der Waals surface area contributed by atoms with Gasteiger partial charge in [-0.2, -0.15) is 0 Å². The first-order valence-electron chi connectivity index (χ1n) is 19.7. The molecule has 0 bridgehead atoms. The monoisotopic (exact) mass is 774 g/mol. The number of nitrogens with zero attached hydrogens (tertiary/aromatic N) is 2. The second kappa shape index (κ2) is 13.3. The molecule has 12 aromatic rings. The first-order valence-corrected chi connectivity index (χ1v) is 21.3. The summed E-state index contributed by atoms with van der Waals surface area (Å²) in [6, 6.07) is 75.7. The van der Waals surface area contributed by atoms with Crippen LogP contribution in [0.5, 0.6) is 0 Å². The number of fused-ring (bicyclic) bond motifs is 9. The molecule has 0 radical (unpaired) electrons. The average molecular weight is 775 g/mol. The topological polar surface area (TPSA) is 8.17 Å².